The third-order valence-electron chi connectivity index (χ3n) is 6.39. The first-order chi connectivity index (χ1) is 16.3. The van der Waals surface area contributed by atoms with Gasteiger partial charge in [-0.3, -0.25) is 4.79 Å². The Hall–Kier alpha value is -3.06. The van der Waals surface area contributed by atoms with E-state index in [0.717, 1.165) is 61.3 Å². The number of para-hydroxylation sites is 1. The van der Waals surface area contributed by atoms with Gasteiger partial charge in [0.2, 0.25) is 5.91 Å². The number of carbonyl (C=O) groups excluding carboxylic acids is 1. The van der Waals surface area contributed by atoms with Crippen LogP contribution in [0.5, 0.6) is 0 Å². The molecule has 3 aromatic rings. The summed E-state index contributed by atoms with van der Waals surface area (Å²) in [5, 5.41) is 0.897. The lowest BCUT2D eigenvalue weighted by atomic mass is 9.96. The quantitative estimate of drug-likeness (QED) is 0.570. The van der Waals surface area contributed by atoms with E-state index < -0.39 is 0 Å². The molecule has 33 heavy (non-hydrogen) atoms. The molecule has 0 aliphatic carbocycles. The Morgan fingerprint density at radius 1 is 0.818 bits per heavy atom. The van der Waals surface area contributed by atoms with E-state index in [1.54, 1.807) is 24.2 Å². The molecular formula is C26H29N5OS. The maximum absolute atomic E-state index is 13.4. The van der Waals surface area contributed by atoms with E-state index in [2.05, 4.69) is 61.1 Å². The van der Waals surface area contributed by atoms with Crippen LogP contribution < -0.4 is 9.80 Å². The minimum absolute atomic E-state index is 0.0126. The highest BCUT2D eigenvalue weighted by Gasteiger charge is 2.32. The number of anilines is 2. The number of aromatic nitrogens is 2. The average molecular weight is 460 g/mol. The maximum atomic E-state index is 13.4. The van der Waals surface area contributed by atoms with Crippen molar-refractivity contribution in [3.63, 3.8) is 0 Å². The zero-order valence-corrected chi connectivity index (χ0v) is 19.5. The van der Waals surface area contributed by atoms with Crippen molar-refractivity contribution in [1.82, 2.24) is 14.9 Å². The highest BCUT2D eigenvalue weighted by atomic mass is 32.2. The number of piperazine rings is 1. The van der Waals surface area contributed by atoms with Gasteiger partial charge in [0.25, 0.3) is 0 Å². The minimum atomic E-state index is 0.0126. The van der Waals surface area contributed by atoms with Crippen molar-refractivity contribution in [3.8, 4) is 0 Å². The van der Waals surface area contributed by atoms with E-state index in [9.17, 15) is 4.79 Å². The normalized spacial score (nSPS) is 18.9. The Kier molecular flexibility index (Phi) is 6.76. The lowest BCUT2D eigenvalue weighted by Gasteiger charge is -2.40. The summed E-state index contributed by atoms with van der Waals surface area (Å²) in [6.45, 7) is 4.95. The Morgan fingerprint density at radius 2 is 1.52 bits per heavy atom. The fraction of sp³-hybridized carbons (Fsp3) is 0.346. The minimum Gasteiger partial charge on any atom is -0.368 e. The highest BCUT2D eigenvalue weighted by Crippen LogP contribution is 2.34. The number of carbonyl (C=O) groups is 1. The fourth-order valence-electron chi connectivity index (χ4n) is 4.66. The summed E-state index contributed by atoms with van der Waals surface area (Å²) < 4.78 is 0. The lowest BCUT2D eigenvalue weighted by Crippen LogP contribution is -2.52. The van der Waals surface area contributed by atoms with Gasteiger partial charge in [-0.25, -0.2) is 9.97 Å². The molecule has 0 unspecified atom stereocenters. The van der Waals surface area contributed by atoms with Crippen molar-refractivity contribution < 1.29 is 4.79 Å². The number of nitrogens with zero attached hydrogens (tertiary/aromatic N) is 5. The maximum Gasteiger partial charge on any atom is 0.227 e. The van der Waals surface area contributed by atoms with Crippen molar-refractivity contribution in [3.05, 3.63) is 73.1 Å². The van der Waals surface area contributed by atoms with E-state index in [1.165, 1.54) is 5.69 Å². The summed E-state index contributed by atoms with van der Waals surface area (Å²) in [5.74, 6) is 1.19. The zero-order valence-electron chi connectivity index (χ0n) is 18.7. The van der Waals surface area contributed by atoms with Crippen LogP contribution in [-0.2, 0) is 4.79 Å². The second kappa shape index (κ2) is 10.3. The second-order valence-corrected chi connectivity index (χ2v) is 9.60. The fourth-order valence-corrected chi connectivity index (χ4v) is 5.56. The molecule has 2 aromatic carbocycles. The summed E-state index contributed by atoms with van der Waals surface area (Å²) in [7, 11) is 0. The number of hydrogen-bond donors (Lipinski definition) is 0. The molecule has 6 nitrogen and oxygen atoms in total. The Labute approximate surface area is 199 Å². The van der Waals surface area contributed by atoms with Crippen LogP contribution >= 0.6 is 11.8 Å². The Balaban J connectivity index is 1.23. The van der Waals surface area contributed by atoms with Gasteiger partial charge in [-0.15, -0.1) is 0 Å². The van der Waals surface area contributed by atoms with Crippen LogP contribution in [0.25, 0.3) is 0 Å². The average Bonchev–Trinajstić information content (AvgIpc) is 2.90. The number of hydrogen-bond acceptors (Lipinski definition) is 6. The van der Waals surface area contributed by atoms with Crippen LogP contribution in [0.4, 0.5) is 11.5 Å². The summed E-state index contributed by atoms with van der Waals surface area (Å²) in [6, 6.07) is 20.7. The SMILES string of the molecule is O=C([C@H]1CCCN(c2nccnc2Sc2ccccc2)C1)N1CCN(c2ccccc2)CC1. The number of rotatable bonds is 5. The summed E-state index contributed by atoms with van der Waals surface area (Å²) >= 11 is 1.63. The van der Waals surface area contributed by atoms with Gasteiger partial charge in [0, 0.05) is 62.2 Å². The van der Waals surface area contributed by atoms with Crippen molar-refractivity contribution in [2.75, 3.05) is 49.1 Å². The van der Waals surface area contributed by atoms with Gasteiger partial charge in [0.1, 0.15) is 5.03 Å². The molecule has 2 saturated heterocycles. The van der Waals surface area contributed by atoms with Gasteiger partial charge in [-0.1, -0.05) is 48.2 Å². The van der Waals surface area contributed by atoms with Crippen LogP contribution in [0, 0.1) is 5.92 Å². The lowest BCUT2D eigenvalue weighted by molar-refractivity contribution is -0.136. The van der Waals surface area contributed by atoms with Crippen molar-refractivity contribution >= 4 is 29.2 Å². The van der Waals surface area contributed by atoms with Crippen molar-refractivity contribution in [2.45, 2.75) is 22.8 Å². The van der Waals surface area contributed by atoms with Crippen LogP contribution in [0.15, 0.2) is 83.0 Å². The zero-order chi connectivity index (χ0) is 22.5. The van der Waals surface area contributed by atoms with E-state index in [-0.39, 0.29) is 11.8 Å². The third kappa shape index (κ3) is 5.14. The summed E-state index contributed by atoms with van der Waals surface area (Å²) in [6.07, 6.45) is 5.42. The Bertz CT molecular complexity index is 1060. The largest absolute Gasteiger partial charge is 0.368 e. The molecule has 0 N–H and O–H groups in total. The van der Waals surface area contributed by atoms with E-state index >= 15 is 0 Å². The first-order valence-electron chi connectivity index (χ1n) is 11.7. The van der Waals surface area contributed by atoms with Gasteiger partial charge in [0.15, 0.2) is 5.82 Å². The van der Waals surface area contributed by atoms with E-state index in [0.29, 0.717) is 6.54 Å². The third-order valence-corrected chi connectivity index (χ3v) is 7.38. The monoisotopic (exact) mass is 459 g/mol. The van der Waals surface area contributed by atoms with Gasteiger partial charge >= 0.3 is 0 Å². The first-order valence-corrected chi connectivity index (χ1v) is 12.5. The molecule has 170 valence electrons. The molecule has 0 bridgehead atoms. The van der Waals surface area contributed by atoms with E-state index in [4.69, 9.17) is 0 Å². The van der Waals surface area contributed by atoms with Gasteiger partial charge < -0.3 is 14.7 Å². The number of amides is 1. The molecule has 1 amide bonds. The molecule has 2 aliphatic heterocycles. The van der Waals surface area contributed by atoms with Crippen LogP contribution in [0.3, 0.4) is 0 Å². The summed E-state index contributed by atoms with van der Waals surface area (Å²) in [5.41, 5.74) is 1.24. The predicted octanol–water partition coefficient (Wildman–Crippen LogP) is 4.19. The molecule has 5 rings (SSSR count). The van der Waals surface area contributed by atoms with Gasteiger partial charge in [-0.05, 0) is 37.1 Å². The van der Waals surface area contributed by atoms with E-state index in [1.807, 2.05) is 24.3 Å². The van der Waals surface area contributed by atoms with Crippen LogP contribution in [0.1, 0.15) is 12.8 Å². The molecule has 1 aromatic heterocycles. The molecule has 1 atom stereocenters. The van der Waals surface area contributed by atoms with Gasteiger partial charge in [0.05, 0.1) is 5.92 Å². The molecule has 0 saturated carbocycles. The number of benzene rings is 2. The standard InChI is InChI=1S/C26H29N5OS/c32-26(30-18-16-29(17-19-30)22-9-3-1-4-10-22)21-8-7-15-31(20-21)24-25(28-14-13-27-24)33-23-11-5-2-6-12-23/h1-6,9-14,21H,7-8,15-20H2/t21-/m0/s1. The predicted molar refractivity (Wildman–Crippen MR) is 133 cm³/mol. The summed E-state index contributed by atoms with van der Waals surface area (Å²) in [4.78, 5) is 30.5. The van der Waals surface area contributed by atoms with Crippen LogP contribution in [0.2, 0.25) is 0 Å². The second-order valence-electron chi connectivity index (χ2n) is 8.53. The van der Waals surface area contributed by atoms with Crippen LogP contribution in [-0.4, -0.2) is 60.0 Å². The molecule has 7 heteroatoms. The molecule has 2 fully saturated rings. The number of piperidine rings is 1. The first kappa shape index (κ1) is 21.8. The topological polar surface area (TPSA) is 52.6 Å². The molecule has 0 radical (unpaired) electrons. The molecule has 2 aliphatic rings. The smallest absolute Gasteiger partial charge is 0.227 e. The molecule has 0 spiro atoms. The molecule has 3 heterocycles. The molecular weight excluding hydrogens is 430 g/mol. The van der Waals surface area contributed by atoms with Crippen molar-refractivity contribution in [1.29, 1.82) is 0 Å². The van der Waals surface area contributed by atoms with Gasteiger partial charge in [-0.2, -0.15) is 0 Å². The van der Waals surface area contributed by atoms with Crippen molar-refractivity contribution in [2.24, 2.45) is 5.92 Å². The Morgan fingerprint density at radius 3 is 2.27 bits per heavy atom. The highest BCUT2D eigenvalue weighted by molar-refractivity contribution is 7.99.